The lowest BCUT2D eigenvalue weighted by molar-refractivity contribution is -0.138. The number of aromatic nitrogens is 2. The summed E-state index contributed by atoms with van der Waals surface area (Å²) in [6, 6.07) is 12.7. The zero-order valence-electron chi connectivity index (χ0n) is 18.2. The van der Waals surface area contributed by atoms with E-state index in [0.717, 1.165) is 34.4 Å². The lowest BCUT2D eigenvalue weighted by atomic mass is 10.00. The van der Waals surface area contributed by atoms with E-state index in [1.807, 2.05) is 26.0 Å². The molecule has 1 aliphatic heterocycles. The normalized spacial score (nSPS) is 14.9. The van der Waals surface area contributed by atoms with E-state index in [4.69, 9.17) is 9.97 Å². The molecule has 1 aromatic heterocycles. The number of rotatable bonds is 4. The second kappa shape index (κ2) is 8.90. The van der Waals surface area contributed by atoms with Crippen LogP contribution in [0.25, 0.3) is 11.3 Å². The van der Waals surface area contributed by atoms with Crippen molar-refractivity contribution >= 4 is 0 Å². The molecule has 0 spiro atoms. The second-order valence-corrected chi connectivity index (χ2v) is 8.49. The Balaban J connectivity index is 1.64. The Labute approximate surface area is 185 Å². The van der Waals surface area contributed by atoms with E-state index in [9.17, 15) is 18.3 Å². The molecule has 32 heavy (non-hydrogen) atoms. The highest BCUT2D eigenvalue weighted by Crippen LogP contribution is 2.33. The maximum absolute atomic E-state index is 13.4. The average molecular weight is 441 g/mol. The summed E-state index contributed by atoms with van der Waals surface area (Å²) in [5.41, 5.74) is 3.45. The van der Waals surface area contributed by atoms with Crippen LogP contribution in [0.5, 0.6) is 5.75 Å². The van der Waals surface area contributed by atoms with Crippen LogP contribution in [-0.4, -0.2) is 33.1 Å². The highest BCUT2D eigenvalue weighted by Gasteiger charge is 2.33. The number of hydrogen-bond acceptors (Lipinski definition) is 4. The monoisotopic (exact) mass is 441 g/mol. The van der Waals surface area contributed by atoms with Gasteiger partial charge in [0.2, 0.25) is 0 Å². The Bertz CT molecular complexity index is 1090. The molecular weight excluding hydrogens is 415 g/mol. The molecule has 0 saturated carbocycles. The highest BCUT2D eigenvalue weighted by molar-refractivity contribution is 5.65. The summed E-state index contributed by atoms with van der Waals surface area (Å²) in [5, 5.41) is 9.66. The average Bonchev–Trinajstić information content (AvgIpc) is 2.96. The van der Waals surface area contributed by atoms with Crippen LogP contribution in [0.15, 0.2) is 48.5 Å². The summed E-state index contributed by atoms with van der Waals surface area (Å²) in [6.07, 6.45) is -3.07. The van der Waals surface area contributed by atoms with Crippen molar-refractivity contribution in [3.63, 3.8) is 0 Å². The molecule has 0 bridgehead atoms. The van der Waals surface area contributed by atoms with Gasteiger partial charge in [-0.15, -0.1) is 0 Å². The van der Waals surface area contributed by atoms with Crippen LogP contribution in [0, 0.1) is 0 Å². The van der Waals surface area contributed by atoms with E-state index in [0.29, 0.717) is 31.5 Å². The number of phenols is 1. The Morgan fingerprint density at radius 3 is 2.34 bits per heavy atom. The first-order chi connectivity index (χ1) is 15.2. The number of nitrogens with zero attached hydrogens (tertiary/aromatic N) is 3. The third-order valence-corrected chi connectivity index (χ3v) is 5.83. The molecule has 0 unspecified atom stereocenters. The molecule has 2 heterocycles. The van der Waals surface area contributed by atoms with Gasteiger partial charge in [0.25, 0.3) is 0 Å². The minimum atomic E-state index is -4.37. The molecule has 0 fully saturated rings. The van der Waals surface area contributed by atoms with Gasteiger partial charge >= 0.3 is 6.18 Å². The van der Waals surface area contributed by atoms with Gasteiger partial charge in [-0.05, 0) is 42.3 Å². The molecule has 0 saturated heterocycles. The standard InChI is InChI=1S/C25H26F3N3O/c1-16(2)24-29-22-12-14-31(15-18-5-3-4-6-21(18)25(26,27)28)13-11-20(22)23(30-24)17-7-9-19(32)10-8-17/h3-10,16,32H,11-15H2,1-2H3. The van der Waals surface area contributed by atoms with Crippen LogP contribution in [0.3, 0.4) is 0 Å². The molecule has 168 valence electrons. The molecule has 7 heteroatoms. The number of fused-ring (bicyclic) bond motifs is 1. The Morgan fingerprint density at radius 2 is 1.66 bits per heavy atom. The van der Waals surface area contributed by atoms with Crippen LogP contribution >= 0.6 is 0 Å². The van der Waals surface area contributed by atoms with Crippen LogP contribution in [-0.2, 0) is 25.6 Å². The molecule has 1 aliphatic rings. The van der Waals surface area contributed by atoms with Crippen molar-refractivity contribution in [3.8, 4) is 17.0 Å². The molecule has 4 rings (SSSR count). The smallest absolute Gasteiger partial charge is 0.416 e. The lowest BCUT2D eigenvalue weighted by Crippen LogP contribution is -2.27. The van der Waals surface area contributed by atoms with Gasteiger partial charge in [0.1, 0.15) is 11.6 Å². The summed E-state index contributed by atoms with van der Waals surface area (Å²) in [5.74, 6) is 1.09. The molecule has 0 aliphatic carbocycles. The Kier molecular flexibility index (Phi) is 6.20. The van der Waals surface area contributed by atoms with Crippen LogP contribution in [0.4, 0.5) is 13.2 Å². The molecule has 4 nitrogen and oxygen atoms in total. The minimum Gasteiger partial charge on any atom is -0.508 e. The first-order valence-electron chi connectivity index (χ1n) is 10.8. The van der Waals surface area contributed by atoms with Crippen LogP contribution in [0.2, 0.25) is 0 Å². The molecule has 1 N–H and O–H groups in total. The third kappa shape index (κ3) is 4.78. The zero-order valence-corrected chi connectivity index (χ0v) is 18.2. The van der Waals surface area contributed by atoms with Crippen molar-refractivity contribution in [2.45, 2.75) is 45.3 Å². The topological polar surface area (TPSA) is 49.3 Å². The van der Waals surface area contributed by atoms with Gasteiger partial charge in [-0.2, -0.15) is 13.2 Å². The summed E-state index contributed by atoms with van der Waals surface area (Å²) in [6.45, 7) is 5.57. The zero-order chi connectivity index (χ0) is 22.9. The SMILES string of the molecule is CC(C)c1nc2c(c(-c3ccc(O)cc3)n1)CCN(Cc1ccccc1C(F)(F)F)CC2. The van der Waals surface area contributed by atoms with Crippen molar-refractivity contribution in [1.82, 2.24) is 14.9 Å². The molecule has 0 atom stereocenters. The predicted octanol–water partition coefficient (Wildman–Crippen LogP) is 5.59. The van der Waals surface area contributed by atoms with Gasteiger partial charge in [-0.3, -0.25) is 4.90 Å². The van der Waals surface area contributed by atoms with Crippen molar-refractivity contribution in [1.29, 1.82) is 0 Å². The maximum Gasteiger partial charge on any atom is 0.416 e. The predicted molar refractivity (Wildman–Crippen MR) is 117 cm³/mol. The van der Waals surface area contributed by atoms with Gasteiger partial charge < -0.3 is 5.11 Å². The second-order valence-electron chi connectivity index (χ2n) is 8.49. The van der Waals surface area contributed by atoms with E-state index >= 15 is 0 Å². The largest absolute Gasteiger partial charge is 0.508 e. The Morgan fingerprint density at radius 1 is 0.969 bits per heavy atom. The quantitative estimate of drug-likeness (QED) is 0.573. The minimum absolute atomic E-state index is 0.147. The van der Waals surface area contributed by atoms with Crippen molar-refractivity contribution < 1.29 is 18.3 Å². The van der Waals surface area contributed by atoms with Gasteiger partial charge in [0, 0.05) is 48.8 Å². The number of halogens is 3. The molecule has 0 amide bonds. The van der Waals surface area contributed by atoms with E-state index in [1.54, 1.807) is 24.3 Å². The third-order valence-electron chi connectivity index (χ3n) is 5.83. The van der Waals surface area contributed by atoms with Gasteiger partial charge in [-0.1, -0.05) is 32.0 Å². The number of alkyl halides is 3. The van der Waals surface area contributed by atoms with Crippen molar-refractivity contribution in [2.24, 2.45) is 0 Å². The Hall–Kier alpha value is -2.93. The summed E-state index contributed by atoms with van der Waals surface area (Å²) >= 11 is 0. The lowest BCUT2D eigenvalue weighted by Gasteiger charge is -2.22. The molecule has 2 aromatic carbocycles. The highest BCUT2D eigenvalue weighted by atomic mass is 19.4. The van der Waals surface area contributed by atoms with Crippen molar-refractivity contribution in [3.05, 3.63) is 76.7 Å². The fraction of sp³-hybridized carbons (Fsp3) is 0.360. The molecule has 0 radical (unpaired) electrons. The van der Waals surface area contributed by atoms with Gasteiger partial charge in [0.15, 0.2) is 0 Å². The fourth-order valence-electron chi connectivity index (χ4n) is 4.11. The first-order valence-corrected chi connectivity index (χ1v) is 10.8. The maximum atomic E-state index is 13.4. The van der Waals surface area contributed by atoms with E-state index in [-0.39, 0.29) is 18.2 Å². The number of benzene rings is 2. The van der Waals surface area contributed by atoms with E-state index in [1.165, 1.54) is 6.07 Å². The van der Waals surface area contributed by atoms with Crippen molar-refractivity contribution in [2.75, 3.05) is 13.1 Å². The summed E-state index contributed by atoms with van der Waals surface area (Å²) in [7, 11) is 0. The molecule has 3 aromatic rings. The van der Waals surface area contributed by atoms with Gasteiger partial charge in [0.05, 0.1) is 11.3 Å². The first kappa shape index (κ1) is 22.3. The van der Waals surface area contributed by atoms with E-state index < -0.39 is 11.7 Å². The van der Waals surface area contributed by atoms with Crippen LogP contribution in [0.1, 0.15) is 48.0 Å². The van der Waals surface area contributed by atoms with Gasteiger partial charge in [-0.25, -0.2) is 9.97 Å². The number of phenolic OH excluding ortho intramolecular Hbond substituents is 1. The molecular formula is C25H26F3N3O. The summed E-state index contributed by atoms with van der Waals surface area (Å²) < 4.78 is 40.3. The fourth-order valence-corrected chi connectivity index (χ4v) is 4.11. The summed E-state index contributed by atoms with van der Waals surface area (Å²) in [4.78, 5) is 11.7. The number of hydrogen-bond donors (Lipinski definition) is 1. The van der Waals surface area contributed by atoms with Crippen LogP contribution < -0.4 is 0 Å². The van der Waals surface area contributed by atoms with E-state index in [2.05, 4.69) is 4.90 Å². The number of aromatic hydroxyl groups is 1.